The third kappa shape index (κ3) is 9.88. The smallest absolute Gasteiger partial charge is 0.0590 e. The van der Waals surface area contributed by atoms with Crippen LogP contribution in [0.5, 0.6) is 0 Å². The molecule has 0 bridgehead atoms. The lowest BCUT2D eigenvalue weighted by Crippen LogP contribution is -2.23. The first-order valence-corrected chi connectivity index (χ1v) is 4.19. The highest BCUT2D eigenvalue weighted by Crippen LogP contribution is 1.77. The lowest BCUT2D eigenvalue weighted by atomic mass is 10.5. The molecule has 0 aromatic heterocycles. The zero-order valence-electron chi connectivity index (χ0n) is 7.56. The number of methoxy groups -OCH3 is 1. The molecular weight excluding hydrogens is 142 g/mol. The van der Waals surface area contributed by atoms with Crippen LogP contribution in [0.4, 0.5) is 0 Å². The van der Waals surface area contributed by atoms with Crippen molar-refractivity contribution in [3.05, 3.63) is 0 Å². The van der Waals surface area contributed by atoms with Gasteiger partial charge in [-0.25, -0.2) is 0 Å². The Kier molecular flexibility index (Phi) is 9.77. The summed E-state index contributed by atoms with van der Waals surface area (Å²) in [6.45, 7) is 6.38. The van der Waals surface area contributed by atoms with Crippen molar-refractivity contribution in [2.24, 2.45) is 0 Å². The molecule has 0 rings (SSSR count). The number of ether oxygens (including phenoxy) is 2. The molecule has 0 fully saturated rings. The SMILES string of the molecule is CCCOCCNCCOC. The first kappa shape index (κ1) is 10.9. The van der Waals surface area contributed by atoms with E-state index in [1.165, 1.54) is 0 Å². The van der Waals surface area contributed by atoms with Gasteiger partial charge in [-0.2, -0.15) is 0 Å². The Morgan fingerprint density at radius 2 is 1.82 bits per heavy atom. The fraction of sp³-hybridized carbons (Fsp3) is 1.00. The summed E-state index contributed by atoms with van der Waals surface area (Å²) >= 11 is 0. The Labute approximate surface area is 69.1 Å². The fourth-order valence-corrected chi connectivity index (χ4v) is 0.690. The van der Waals surface area contributed by atoms with Gasteiger partial charge in [0.1, 0.15) is 0 Å². The summed E-state index contributed by atoms with van der Waals surface area (Å²) < 4.78 is 10.1. The first-order chi connectivity index (χ1) is 5.41. The highest BCUT2D eigenvalue weighted by atomic mass is 16.5. The topological polar surface area (TPSA) is 30.5 Å². The molecule has 0 spiro atoms. The molecule has 0 aliphatic heterocycles. The van der Waals surface area contributed by atoms with Gasteiger partial charge in [0.15, 0.2) is 0 Å². The highest BCUT2D eigenvalue weighted by Gasteiger charge is 1.86. The predicted molar refractivity (Wildman–Crippen MR) is 45.9 cm³/mol. The third-order valence-electron chi connectivity index (χ3n) is 1.25. The summed E-state index contributed by atoms with van der Waals surface area (Å²) in [6, 6.07) is 0. The van der Waals surface area contributed by atoms with Crippen LogP contribution in [0.1, 0.15) is 13.3 Å². The quantitative estimate of drug-likeness (QED) is 0.530. The minimum atomic E-state index is 0.772. The van der Waals surface area contributed by atoms with Crippen molar-refractivity contribution < 1.29 is 9.47 Å². The summed E-state index contributed by atoms with van der Waals surface area (Å²) in [6.07, 6.45) is 1.10. The van der Waals surface area contributed by atoms with Crippen LogP contribution >= 0.6 is 0 Å². The molecule has 0 aliphatic carbocycles. The van der Waals surface area contributed by atoms with E-state index in [4.69, 9.17) is 9.47 Å². The zero-order valence-corrected chi connectivity index (χ0v) is 7.56. The summed E-state index contributed by atoms with van der Waals surface area (Å²) in [5, 5.41) is 3.20. The monoisotopic (exact) mass is 161 g/mol. The Bertz CT molecular complexity index is 61.1. The van der Waals surface area contributed by atoms with Gasteiger partial charge in [0, 0.05) is 26.8 Å². The van der Waals surface area contributed by atoms with E-state index in [1.54, 1.807) is 7.11 Å². The van der Waals surface area contributed by atoms with Crippen molar-refractivity contribution in [1.82, 2.24) is 5.32 Å². The Morgan fingerprint density at radius 3 is 2.45 bits per heavy atom. The molecule has 0 unspecified atom stereocenters. The van der Waals surface area contributed by atoms with Crippen molar-refractivity contribution >= 4 is 0 Å². The maximum absolute atomic E-state index is 5.26. The fourth-order valence-electron chi connectivity index (χ4n) is 0.690. The summed E-state index contributed by atoms with van der Waals surface area (Å²) in [4.78, 5) is 0. The van der Waals surface area contributed by atoms with Crippen LogP contribution in [-0.4, -0.2) is 40.0 Å². The molecule has 0 saturated heterocycles. The van der Waals surface area contributed by atoms with Gasteiger partial charge in [-0.05, 0) is 6.42 Å². The zero-order chi connectivity index (χ0) is 8.36. The van der Waals surface area contributed by atoms with E-state index in [1.807, 2.05) is 0 Å². The van der Waals surface area contributed by atoms with E-state index < -0.39 is 0 Å². The molecule has 68 valence electrons. The maximum Gasteiger partial charge on any atom is 0.0590 e. The van der Waals surface area contributed by atoms with E-state index in [0.717, 1.165) is 39.3 Å². The molecule has 0 heterocycles. The van der Waals surface area contributed by atoms with Gasteiger partial charge < -0.3 is 14.8 Å². The summed E-state index contributed by atoms with van der Waals surface area (Å²) in [5.41, 5.74) is 0. The van der Waals surface area contributed by atoms with E-state index in [9.17, 15) is 0 Å². The molecule has 3 nitrogen and oxygen atoms in total. The summed E-state index contributed by atoms with van der Waals surface area (Å²) in [5.74, 6) is 0. The number of nitrogens with one attached hydrogen (secondary N) is 1. The third-order valence-corrected chi connectivity index (χ3v) is 1.25. The summed E-state index contributed by atoms with van der Waals surface area (Å²) in [7, 11) is 1.70. The standard InChI is InChI=1S/C8H19NO2/c1-3-6-11-8-5-9-4-7-10-2/h9H,3-8H2,1-2H3. The molecule has 0 aromatic rings. The second-order valence-corrected chi connectivity index (χ2v) is 2.36. The average molecular weight is 161 g/mol. The van der Waals surface area contributed by atoms with Crippen LogP contribution in [0, 0.1) is 0 Å². The normalized spacial score (nSPS) is 10.4. The molecule has 0 aromatic carbocycles. The minimum absolute atomic E-state index is 0.772. The Morgan fingerprint density at radius 1 is 1.09 bits per heavy atom. The van der Waals surface area contributed by atoms with Crippen LogP contribution < -0.4 is 5.32 Å². The van der Waals surface area contributed by atoms with Crippen LogP contribution in [-0.2, 0) is 9.47 Å². The van der Waals surface area contributed by atoms with Crippen molar-refractivity contribution in [1.29, 1.82) is 0 Å². The minimum Gasteiger partial charge on any atom is -0.383 e. The van der Waals surface area contributed by atoms with Gasteiger partial charge in [0.2, 0.25) is 0 Å². The molecule has 1 N–H and O–H groups in total. The van der Waals surface area contributed by atoms with Crippen molar-refractivity contribution in [2.75, 3.05) is 40.0 Å². The van der Waals surface area contributed by atoms with E-state index in [0.29, 0.717) is 0 Å². The highest BCUT2D eigenvalue weighted by molar-refractivity contribution is 4.43. The molecular formula is C8H19NO2. The van der Waals surface area contributed by atoms with Crippen molar-refractivity contribution in [2.45, 2.75) is 13.3 Å². The lowest BCUT2D eigenvalue weighted by molar-refractivity contribution is 0.133. The molecule has 0 radical (unpaired) electrons. The second-order valence-electron chi connectivity index (χ2n) is 2.36. The largest absolute Gasteiger partial charge is 0.383 e. The van der Waals surface area contributed by atoms with Crippen molar-refractivity contribution in [3.8, 4) is 0 Å². The van der Waals surface area contributed by atoms with Crippen LogP contribution in [0.3, 0.4) is 0 Å². The van der Waals surface area contributed by atoms with Gasteiger partial charge in [-0.3, -0.25) is 0 Å². The molecule has 3 heteroatoms. The van der Waals surface area contributed by atoms with Crippen LogP contribution in [0.2, 0.25) is 0 Å². The average Bonchev–Trinajstić information content (AvgIpc) is 2.03. The number of rotatable bonds is 8. The molecule has 0 amide bonds. The second kappa shape index (κ2) is 9.88. The Hall–Kier alpha value is -0.120. The van der Waals surface area contributed by atoms with Crippen LogP contribution in [0.25, 0.3) is 0 Å². The first-order valence-electron chi connectivity index (χ1n) is 4.19. The number of hydrogen-bond acceptors (Lipinski definition) is 3. The molecule has 0 atom stereocenters. The van der Waals surface area contributed by atoms with Gasteiger partial charge in [-0.1, -0.05) is 6.92 Å². The van der Waals surface area contributed by atoms with Gasteiger partial charge >= 0.3 is 0 Å². The van der Waals surface area contributed by atoms with Gasteiger partial charge in [-0.15, -0.1) is 0 Å². The molecule has 0 saturated carbocycles. The Balaban J connectivity index is 2.69. The van der Waals surface area contributed by atoms with Gasteiger partial charge in [0.25, 0.3) is 0 Å². The van der Waals surface area contributed by atoms with Gasteiger partial charge in [0.05, 0.1) is 13.2 Å². The van der Waals surface area contributed by atoms with Crippen LogP contribution in [0.15, 0.2) is 0 Å². The van der Waals surface area contributed by atoms with E-state index in [-0.39, 0.29) is 0 Å². The van der Waals surface area contributed by atoms with Crippen molar-refractivity contribution in [3.63, 3.8) is 0 Å². The predicted octanol–water partition coefficient (Wildman–Crippen LogP) is 0.649. The van der Waals surface area contributed by atoms with E-state index >= 15 is 0 Å². The lowest BCUT2D eigenvalue weighted by Gasteiger charge is -2.03. The van der Waals surface area contributed by atoms with E-state index in [2.05, 4.69) is 12.2 Å². The maximum atomic E-state index is 5.26. The molecule has 0 aliphatic rings. The molecule has 11 heavy (non-hydrogen) atoms. The number of hydrogen-bond donors (Lipinski definition) is 1.